The Morgan fingerprint density at radius 2 is 2.21 bits per heavy atom. The van der Waals surface area contributed by atoms with Crippen LogP contribution in [0.2, 0.25) is 0 Å². The van der Waals surface area contributed by atoms with Crippen LogP contribution in [0.4, 0.5) is 5.69 Å². The minimum absolute atomic E-state index is 0.0176. The van der Waals surface area contributed by atoms with E-state index in [1.54, 1.807) is 26.1 Å². The normalized spacial score (nSPS) is 15.9. The fraction of sp³-hybridized carbons (Fsp3) is 0.429. The molecular formula is C14H17NO4. The Hall–Kier alpha value is -1.88. The van der Waals surface area contributed by atoms with Crippen molar-refractivity contribution in [3.63, 3.8) is 0 Å². The second kappa shape index (κ2) is 5.40. The highest BCUT2D eigenvalue weighted by Gasteiger charge is 2.29. The summed E-state index contributed by atoms with van der Waals surface area (Å²) in [5.74, 6) is -0.710. The van der Waals surface area contributed by atoms with E-state index in [0.29, 0.717) is 24.1 Å². The van der Waals surface area contributed by atoms with Gasteiger partial charge in [0.25, 0.3) is 0 Å². The predicted octanol–water partition coefficient (Wildman–Crippen LogP) is 1.19. The number of rotatable bonds is 3. The van der Waals surface area contributed by atoms with Gasteiger partial charge < -0.3 is 14.7 Å². The Kier molecular flexibility index (Phi) is 3.85. The van der Waals surface area contributed by atoms with Crippen molar-refractivity contribution in [2.24, 2.45) is 0 Å². The number of carbonyl (C=O) groups is 2. The van der Waals surface area contributed by atoms with Crippen LogP contribution in [-0.4, -0.2) is 30.6 Å². The largest absolute Gasteiger partial charge is 0.464 e. The zero-order chi connectivity index (χ0) is 14.0. The van der Waals surface area contributed by atoms with E-state index in [4.69, 9.17) is 4.74 Å². The van der Waals surface area contributed by atoms with Crippen LogP contribution in [-0.2, 0) is 20.7 Å². The standard InChI is InChI=1S/C14H17NO4/c1-3-19-14(18)13(17)10-6-4-5-9-7-8-11(16)15(2)12(9)10/h4-6,13,17H,3,7-8H2,1-2H3. The summed E-state index contributed by atoms with van der Waals surface area (Å²) in [5.41, 5.74) is 2.01. The first-order valence-electron chi connectivity index (χ1n) is 6.29. The molecule has 1 amide bonds. The van der Waals surface area contributed by atoms with E-state index in [-0.39, 0.29) is 12.5 Å². The average molecular weight is 263 g/mol. The van der Waals surface area contributed by atoms with Crippen molar-refractivity contribution in [1.82, 2.24) is 0 Å². The fourth-order valence-corrected chi connectivity index (χ4v) is 2.32. The second-order valence-electron chi connectivity index (χ2n) is 4.46. The van der Waals surface area contributed by atoms with Gasteiger partial charge in [-0.2, -0.15) is 0 Å². The van der Waals surface area contributed by atoms with E-state index < -0.39 is 12.1 Å². The third-order valence-corrected chi connectivity index (χ3v) is 3.27. The molecule has 2 rings (SSSR count). The van der Waals surface area contributed by atoms with E-state index in [2.05, 4.69) is 0 Å². The lowest BCUT2D eigenvalue weighted by Gasteiger charge is -2.29. The van der Waals surface area contributed by atoms with Crippen molar-refractivity contribution < 1.29 is 19.4 Å². The maximum absolute atomic E-state index is 11.8. The lowest BCUT2D eigenvalue weighted by molar-refractivity contribution is -0.153. The summed E-state index contributed by atoms with van der Waals surface area (Å²) in [5, 5.41) is 10.1. The number of aliphatic hydroxyl groups is 1. The van der Waals surface area contributed by atoms with Crippen molar-refractivity contribution in [3.05, 3.63) is 29.3 Å². The molecule has 1 aromatic rings. The van der Waals surface area contributed by atoms with Gasteiger partial charge in [0.2, 0.25) is 5.91 Å². The Morgan fingerprint density at radius 1 is 1.47 bits per heavy atom. The highest BCUT2D eigenvalue weighted by molar-refractivity contribution is 5.97. The van der Waals surface area contributed by atoms with Crippen LogP contribution < -0.4 is 4.90 Å². The van der Waals surface area contributed by atoms with Gasteiger partial charge in [-0.25, -0.2) is 4.79 Å². The molecule has 1 atom stereocenters. The molecule has 0 radical (unpaired) electrons. The highest BCUT2D eigenvalue weighted by atomic mass is 16.5. The van der Waals surface area contributed by atoms with Gasteiger partial charge in [0.05, 0.1) is 12.3 Å². The Bertz CT molecular complexity index is 512. The molecule has 1 N–H and O–H groups in total. The summed E-state index contributed by atoms with van der Waals surface area (Å²) in [7, 11) is 1.65. The minimum atomic E-state index is -1.36. The average Bonchev–Trinajstić information content (AvgIpc) is 2.42. The lowest BCUT2D eigenvalue weighted by Crippen LogP contribution is -2.33. The topological polar surface area (TPSA) is 66.8 Å². The number of para-hydroxylation sites is 1. The maximum Gasteiger partial charge on any atom is 0.339 e. The van der Waals surface area contributed by atoms with Crippen molar-refractivity contribution >= 4 is 17.6 Å². The van der Waals surface area contributed by atoms with Crippen LogP contribution in [0.1, 0.15) is 30.6 Å². The number of benzene rings is 1. The zero-order valence-corrected chi connectivity index (χ0v) is 11.0. The van der Waals surface area contributed by atoms with Crippen molar-refractivity contribution in [2.45, 2.75) is 25.9 Å². The first-order valence-corrected chi connectivity index (χ1v) is 6.29. The molecule has 1 heterocycles. The number of nitrogens with zero attached hydrogens (tertiary/aromatic N) is 1. The number of fused-ring (bicyclic) bond motifs is 1. The molecule has 0 spiro atoms. The number of hydrogen-bond acceptors (Lipinski definition) is 4. The number of aliphatic hydroxyl groups excluding tert-OH is 1. The lowest BCUT2D eigenvalue weighted by atomic mass is 9.95. The third-order valence-electron chi connectivity index (χ3n) is 3.27. The van der Waals surface area contributed by atoms with Crippen LogP contribution in [0.5, 0.6) is 0 Å². The maximum atomic E-state index is 11.8. The van der Waals surface area contributed by atoms with Crippen LogP contribution >= 0.6 is 0 Å². The first kappa shape index (κ1) is 13.5. The van der Waals surface area contributed by atoms with Gasteiger partial charge >= 0.3 is 5.97 Å². The summed E-state index contributed by atoms with van der Waals surface area (Å²) in [4.78, 5) is 24.9. The summed E-state index contributed by atoms with van der Waals surface area (Å²) >= 11 is 0. The number of aryl methyl sites for hydroxylation is 1. The number of hydrogen-bond donors (Lipinski definition) is 1. The predicted molar refractivity (Wildman–Crippen MR) is 69.8 cm³/mol. The smallest absolute Gasteiger partial charge is 0.339 e. The Labute approximate surface area is 111 Å². The zero-order valence-electron chi connectivity index (χ0n) is 11.0. The molecule has 0 saturated carbocycles. The number of anilines is 1. The van der Waals surface area contributed by atoms with Crippen molar-refractivity contribution in [2.75, 3.05) is 18.6 Å². The number of amides is 1. The molecule has 19 heavy (non-hydrogen) atoms. The quantitative estimate of drug-likeness (QED) is 0.832. The van der Waals surface area contributed by atoms with E-state index in [9.17, 15) is 14.7 Å². The number of ether oxygens (including phenoxy) is 1. The first-order chi connectivity index (χ1) is 9.06. The summed E-state index contributed by atoms with van der Waals surface area (Å²) in [6.07, 6.45) is -0.284. The van der Waals surface area contributed by atoms with E-state index in [1.165, 1.54) is 4.90 Å². The molecule has 5 nitrogen and oxygen atoms in total. The molecule has 0 aromatic heterocycles. The van der Waals surface area contributed by atoms with Crippen LogP contribution in [0.3, 0.4) is 0 Å². The molecule has 0 aliphatic carbocycles. The van der Waals surface area contributed by atoms with E-state index in [1.807, 2.05) is 6.07 Å². The van der Waals surface area contributed by atoms with Gasteiger partial charge in [-0.3, -0.25) is 4.79 Å². The molecule has 1 aliphatic rings. The van der Waals surface area contributed by atoms with Gasteiger partial charge in [-0.15, -0.1) is 0 Å². The second-order valence-corrected chi connectivity index (χ2v) is 4.46. The minimum Gasteiger partial charge on any atom is -0.464 e. The van der Waals surface area contributed by atoms with Crippen molar-refractivity contribution in [1.29, 1.82) is 0 Å². The van der Waals surface area contributed by atoms with E-state index in [0.717, 1.165) is 5.56 Å². The molecule has 0 fully saturated rings. The van der Waals surface area contributed by atoms with Crippen LogP contribution in [0.15, 0.2) is 18.2 Å². The summed E-state index contributed by atoms with van der Waals surface area (Å²) in [6.45, 7) is 1.89. The SMILES string of the molecule is CCOC(=O)C(O)c1cccc2c1N(C)C(=O)CC2. The van der Waals surface area contributed by atoms with Crippen LogP contribution in [0, 0.1) is 0 Å². The van der Waals surface area contributed by atoms with Gasteiger partial charge in [-0.1, -0.05) is 18.2 Å². The van der Waals surface area contributed by atoms with Gasteiger partial charge in [0.1, 0.15) is 0 Å². The molecule has 102 valence electrons. The molecule has 5 heteroatoms. The van der Waals surface area contributed by atoms with Gasteiger partial charge in [0, 0.05) is 19.0 Å². The summed E-state index contributed by atoms with van der Waals surface area (Å²) < 4.78 is 4.82. The molecule has 0 saturated heterocycles. The molecule has 1 unspecified atom stereocenters. The van der Waals surface area contributed by atoms with Gasteiger partial charge in [0.15, 0.2) is 6.10 Å². The van der Waals surface area contributed by atoms with Crippen molar-refractivity contribution in [3.8, 4) is 0 Å². The van der Waals surface area contributed by atoms with Gasteiger partial charge in [-0.05, 0) is 18.9 Å². The number of esters is 1. The molecule has 1 aliphatic heterocycles. The van der Waals surface area contributed by atoms with E-state index >= 15 is 0 Å². The molecule has 1 aromatic carbocycles. The third kappa shape index (κ3) is 2.46. The van der Waals surface area contributed by atoms with Crippen LogP contribution in [0.25, 0.3) is 0 Å². The number of carbonyl (C=O) groups excluding carboxylic acids is 2. The highest BCUT2D eigenvalue weighted by Crippen LogP contribution is 2.34. The summed E-state index contributed by atoms with van der Waals surface area (Å²) in [6, 6.07) is 5.33. The fourth-order valence-electron chi connectivity index (χ4n) is 2.32. The Morgan fingerprint density at radius 3 is 2.89 bits per heavy atom. The monoisotopic (exact) mass is 263 g/mol. The Balaban J connectivity index is 2.42. The molecule has 0 bridgehead atoms. The molecular weight excluding hydrogens is 246 g/mol.